The maximum atomic E-state index is 6.30. The maximum Gasteiger partial charge on any atom is 0.209 e. The van der Waals surface area contributed by atoms with Crippen molar-refractivity contribution in [3.05, 3.63) is 59.5 Å². The number of aromatic nitrogens is 3. The van der Waals surface area contributed by atoms with E-state index in [1.807, 2.05) is 19.2 Å². The first kappa shape index (κ1) is 20.5. The molecule has 0 amide bonds. The van der Waals surface area contributed by atoms with Crippen LogP contribution in [0.1, 0.15) is 31.7 Å². The van der Waals surface area contributed by atoms with E-state index in [-0.39, 0.29) is 0 Å². The van der Waals surface area contributed by atoms with E-state index in [0.29, 0.717) is 10.9 Å². The molecule has 6 nitrogen and oxygen atoms in total. The summed E-state index contributed by atoms with van der Waals surface area (Å²) in [6.45, 7) is 12.1. The lowest BCUT2D eigenvalue weighted by Crippen LogP contribution is -2.47. The van der Waals surface area contributed by atoms with Crippen LogP contribution in [-0.2, 0) is 7.05 Å². The van der Waals surface area contributed by atoms with Crippen molar-refractivity contribution >= 4 is 34.4 Å². The molecule has 1 atom stereocenters. The zero-order valence-electron chi connectivity index (χ0n) is 17.9. The van der Waals surface area contributed by atoms with Crippen molar-refractivity contribution in [3.8, 4) is 0 Å². The number of benzene rings is 1. The number of fused-ring (bicyclic) bond motifs is 1. The van der Waals surface area contributed by atoms with Crippen molar-refractivity contribution in [2.24, 2.45) is 7.05 Å². The lowest BCUT2D eigenvalue weighted by atomic mass is 9.98. The molecule has 30 heavy (non-hydrogen) atoms. The van der Waals surface area contributed by atoms with Crippen molar-refractivity contribution in [1.82, 2.24) is 19.4 Å². The van der Waals surface area contributed by atoms with Crippen LogP contribution >= 0.6 is 11.6 Å². The van der Waals surface area contributed by atoms with Gasteiger partial charge in [0.15, 0.2) is 0 Å². The van der Waals surface area contributed by atoms with Gasteiger partial charge >= 0.3 is 0 Å². The number of anilines is 2. The van der Waals surface area contributed by atoms with Gasteiger partial charge in [0.1, 0.15) is 11.6 Å². The molecule has 0 spiro atoms. The van der Waals surface area contributed by atoms with Gasteiger partial charge in [-0.25, -0.2) is 9.97 Å². The monoisotopic (exact) mass is 424 g/mol. The van der Waals surface area contributed by atoms with Crippen LogP contribution in [0.4, 0.5) is 11.8 Å². The smallest absolute Gasteiger partial charge is 0.209 e. The van der Waals surface area contributed by atoms with E-state index in [2.05, 4.69) is 63.3 Å². The van der Waals surface area contributed by atoms with Crippen molar-refractivity contribution in [2.45, 2.75) is 26.2 Å². The molecule has 7 heteroatoms. The highest BCUT2D eigenvalue weighted by Crippen LogP contribution is 2.27. The third kappa shape index (κ3) is 3.97. The highest BCUT2D eigenvalue weighted by Gasteiger charge is 2.21. The number of pyridine rings is 1. The van der Waals surface area contributed by atoms with Gasteiger partial charge in [0, 0.05) is 39.4 Å². The first-order chi connectivity index (χ1) is 14.5. The van der Waals surface area contributed by atoms with Gasteiger partial charge in [0.2, 0.25) is 5.95 Å². The lowest BCUT2D eigenvalue weighted by Gasteiger charge is -2.37. The Labute approximate surface area is 183 Å². The minimum absolute atomic E-state index is 0.534. The summed E-state index contributed by atoms with van der Waals surface area (Å²) in [6, 6.07) is 10.3. The summed E-state index contributed by atoms with van der Waals surface area (Å²) < 4.78 is 2.09. The molecule has 0 bridgehead atoms. The molecule has 2 aromatic heterocycles. The fraction of sp³-hybridized carbons (Fsp3) is 0.391. The molecule has 4 rings (SSSR count). The van der Waals surface area contributed by atoms with Crippen molar-refractivity contribution in [1.29, 1.82) is 0 Å². The van der Waals surface area contributed by atoms with Gasteiger partial charge in [-0.1, -0.05) is 38.1 Å². The van der Waals surface area contributed by atoms with E-state index >= 15 is 0 Å². The number of rotatable bonds is 6. The Bertz CT molecular complexity index is 1050. The molecule has 1 unspecified atom stereocenters. The molecular weight excluding hydrogens is 396 g/mol. The Balaban J connectivity index is 1.43. The second kappa shape index (κ2) is 8.56. The van der Waals surface area contributed by atoms with Crippen molar-refractivity contribution in [2.75, 3.05) is 36.4 Å². The van der Waals surface area contributed by atoms with E-state index in [0.717, 1.165) is 61.2 Å². The summed E-state index contributed by atoms with van der Waals surface area (Å²) in [6.07, 6.45) is 2.91. The second-order valence-corrected chi connectivity index (χ2v) is 8.31. The molecule has 3 heterocycles. The summed E-state index contributed by atoms with van der Waals surface area (Å²) in [5, 5.41) is 4.11. The highest BCUT2D eigenvalue weighted by molar-refractivity contribution is 6.32. The number of piperazine rings is 1. The predicted molar refractivity (Wildman–Crippen MR) is 125 cm³/mol. The van der Waals surface area contributed by atoms with Gasteiger partial charge in [-0.3, -0.25) is 0 Å². The highest BCUT2D eigenvalue weighted by atomic mass is 35.5. The number of nitrogens with zero attached hydrogens (tertiary/aromatic N) is 5. The zero-order valence-corrected chi connectivity index (χ0v) is 18.7. The van der Waals surface area contributed by atoms with Crippen LogP contribution in [0.25, 0.3) is 11.0 Å². The quantitative estimate of drug-likeness (QED) is 0.613. The van der Waals surface area contributed by atoms with Crippen LogP contribution in [0, 0.1) is 0 Å². The van der Waals surface area contributed by atoms with E-state index in [1.54, 1.807) is 6.20 Å². The van der Waals surface area contributed by atoms with Gasteiger partial charge in [0.05, 0.1) is 16.1 Å². The van der Waals surface area contributed by atoms with E-state index in [1.165, 1.54) is 5.56 Å². The fourth-order valence-corrected chi connectivity index (χ4v) is 4.12. The van der Waals surface area contributed by atoms with Crippen LogP contribution in [0.3, 0.4) is 0 Å². The average Bonchev–Trinajstić information content (AvgIpc) is 3.08. The van der Waals surface area contributed by atoms with Gasteiger partial charge in [-0.05, 0) is 42.2 Å². The van der Waals surface area contributed by atoms with Gasteiger partial charge < -0.3 is 19.7 Å². The molecule has 1 aromatic carbocycles. The summed E-state index contributed by atoms with van der Waals surface area (Å²) in [4.78, 5) is 13.7. The average molecular weight is 425 g/mol. The number of hydrogen-bond acceptors (Lipinski definition) is 5. The van der Waals surface area contributed by atoms with Gasteiger partial charge in [-0.2, -0.15) is 0 Å². The predicted octanol–water partition coefficient (Wildman–Crippen LogP) is 4.84. The first-order valence-electron chi connectivity index (χ1n) is 10.5. The molecular formula is C23H29ClN6. The second-order valence-electron chi connectivity index (χ2n) is 7.91. The maximum absolute atomic E-state index is 6.30. The summed E-state index contributed by atoms with van der Waals surface area (Å²) in [5.74, 6) is 3.06. The number of imidazole rings is 1. The fourth-order valence-electron chi connectivity index (χ4n) is 3.88. The largest absolute Gasteiger partial charge is 0.355 e. The summed E-state index contributed by atoms with van der Waals surface area (Å²) in [7, 11) is 2.04. The number of aryl methyl sites for hydroxylation is 1. The Morgan fingerprint density at radius 2 is 2.00 bits per heavy atom. The molecule has 0 aliphatic carbocycles. The Kier molecular flexibility index (Phi) is 5.86. The third-order valence-electron chi connectivity index (χ3n) is 6.04. The third-order valence-corrected chi connectivity index (χ3v) is 6.34. The molecule has 1 N–H and O–H groups in total. The van der Waals surface area contributed by atoms with Crippen LogP contribution < -0.4 is 10.2 Å². The molecule has 1 fully saturated rings. The van der Waals surface area contributed by atoms with E-state index in [4.69, 9.17) is 16.6 Å². The lowest BCUT2D eigenvalue weighted by molar-refractivity contribution is 0.324. The molecule has 1 aliphatic heterocycles. The normalized spacial score (nSPS) is 15.5. The number of hydrogen-bond donors (Lipinski definition) is 1. The van der Waals surface area contributed by atoms with E-state index < -0.39 is 0 Å². The molecule has 1 saturated heterocycles. The Morgan fingerprint density at radius 1 is 1.23 bits per heavy atom. The molecule has 0 saturated carbocycles. The van der Waals surface area contributed by atoms with Crippen LogP contribution in [0.5, 0.6) is 0 Å². The summed E-state index contributed by atoms with van der Waals surface area (Å²) in [5.41, 5.74) is 3.46. The van der Waals surface area contributed by atoms with Crippen LogP contribution in [0.2, 0.25) is 5.02 Å². The SMILES string of the molecule is C=C(Nc1nc2cc(C(C)CC)ccc2n1C)N1CCN(c2ncccc2Cl)CC1. The molecule has 0 radical (unpaired) electrons. The van der Waals surface area contributed by atoms with E-state index in [9.17, 15) is 0 Å². The number of halogens is 1. The van der Waals surface area contributed by atoms with Crippen LogP contribution in [-0.4, -0.2) is 45.6 Å². The van der Waals surface area contributed by atoms with Crippen molar-refractivity contribution in [3.63, 3.8) is 0 Å². The minimum Gasteiger partial charge on any atom is -0.355 e. The zero-order chi connectivity index (χ0) is 21.3. The minimum atomic E-state index is 0.534. The standard InChI is InChI=1S/C23H29ClN6/c1-5-16(2)18-8-9-21-20(15-18)27-23(28(21)4)26-17(3)29-11-13-30(14-12-29)22-19(24)7-6-10-25-22/h6-10,15-16H,3,5,11-14H2,1-2,4H3,(H,26,27). The van der Waals surface area contributed by atoms with Crippen LogP contribution in [0.15, 0.2) is 48.9 Å². The molecule has 3 aromatic rings. The molecule has 158 valence electrons. The Hall–Kier alpha value is -2.73. The Morgan fingerprint density at radius 3 is 2.70 bits per heavy atom. The number of nitrogens with one attached hydrogen (secondary N) is 1. The van der Waals surface area contributed by atoms with Gasteiger partial charge in [0.25, 0.3) is 0 Å². The van der Waals surface area contributed by atoms with Crippen molar-refractivity contribution < 1.29 is 0 Å². The van der Waals surface area contributed by atoms with Gasteiger partial charge in [-0.15, -0.1) is 0 Å². The topological polar surface area (TPSA) is 49.2 Å². The first-order valence-corrected chi connectivity index (χ1v) is 10.9. The summed E-state index contributed by atoms with van der Waals surface area (Å²) >= 11 is 6.30. The molecule has 1 aliphatic rings.